The van der Waals surface area contributed by atoms with Gasteiger partial charge in [-0.25, -0.2) is 4.98 Å². The summed E-state index contributed by atoms with van der Waals surface area (Å²) in [7, 11) is 0. The summed E-state index contributed by atoms with van der Waals surface area (Å²) in [6.45, 7) is 4.38. The second-order valence-electron chi connectivity index (χ2n) is 5.46. The summed E-state index contributed by atoms with van der Waals surface area (Å²) in [5, 5.41) is 6.57. The molecule has 3 rings (SSSR count). The summed E-state index contributed by atoms with van der Waals surface area (Å²) in [6.07, 6.45) is 1.52. The number of carbonyl (C=O) groups excluding carboxylic acids is 1. The van der Waals surface area contributed by atoms with Crippen LogP contribution in [0.15, 0.2) is 36.5 Å². The van der Waals surface area contributed by atoms with Gasteiger partial charge in [0.05, 0.1) is 18.3 Å². The van der Waals surface area contributed by atoms with Gasteiger partial charge in [0.2, 0.25) is 0 Å². The fourth-order valence-electron chi connectivity index (χ4n) is 2.51. The lowest BCUT2D eigenvalue weighted by Crippen LogP contribution is -2.33. The maximum absolute atomic E-state index is 12.2. The molecule has 1 atom stereocenters. The highest BCUT2D eigenvalue weighted by molar-refractivity contribution is 6.29. The zero-order valence-corrected chi connectivity index (χ0v) is 13.6. The van der Waals surface area contributed by atoms with Gasteiger partial charge in [-0.15, -0.1) is 0 Å². The van der Waals surface area contributed by atoms with E-state index in [2.05, 4.69) is 15.6 Å². The average molecular weight is 332 g/mol. The fourth-order valence-corrected chi connectivity index (χ4v) is 2.62. The first-order chi connectivity index (χ1) is 11.1. The quantitative estimate of drug-likeness (QED) is 0.849. The molecule has 2 aromatic rings. The largest absolute Gasteiger partial charge is 0.371 e. The third-order valence-electron chi connectivity index (χ3n) is 3.79. The monoisotopic (exact) mass is 331 g/mol. The molecule has 120 valence electrons. The number of carbonyl (C=O) groups is 1. The number of morpholine rings is 1. The smallest absolute Gasteiger partial charge is 0.257 e. The zero-order chi connectivity index (χ0) is 16.2. The molecule has 2 N–H and O–H groups in total. The highest BCUT2D eigenvalue weighted by atomic mass is 35.5. The van der Waals surface area contributed by atoms with Crippen LogP contribution < -0.4 is 10.6 Å². The average Bonchev–Trinajstić information content (AvgIpc) is 2.58. The number of nitrogens with zero attached hydrogens (tertiary/aromatic N) is 1. The second kappa shape index (κ2) is 7.08. The van der Waals surface area contributed by atoms with Crippen LogP contribution in [-0.2, 0) is 4.74 Å². The van der Waals surface area contributed by atoms with Crippen molar-refractivity contribution in [3.63, 3.8) is 0 Å². The highest BCUT2D eigenvalue weighted by Crippen LogP contribution is 2.24. The van der Waals surface area contributed by atoms with Gasteiger partial charge in [-0.3, -0.25) is 4.79 Å². The maximum Gasteiger partial charge on any atom is 0.257 e. The molecule has 2 heterocycles. The Balaban J connectivity index is 1.73. The Morgan fingerprint density at radius 3 is 2.91 bits per heavy atom. The number of anilines is 1. The van der Waals surface area contributed by atoms with Gasteiger partial charge < -0.3 is 15.4 Å². The molecule has 1 aromatic heterocycles. The minimum Gasteiger partial charge on any atom is -0.371 e. The number of amides is 1. The molecule has 23 heavy (non-hydrogen) atoms. The fraction of sp³-hybridized carbons (Fsp3) is 0.294. The Hall–Kier alpha value is -1.95. The van der Waals surface area contributed by atoms with Crippen molar-refractivity contribution in [1.82, 2.24) is 10.3 Å². The van der Waals surface area contributed by atoms with Crippen LogP contribution in [0.2, 0.25) is 5.15 Å². The number of halogens is 1. The Labute approximate surface area is 140 Å². The van der Waals surface area contributed by atoms with E-state index in [1.54, 1.807) is 12.1 Å². The van der Waals surface area contributed by atoms with Gasteiger partial charge >= 0.3 is 0 Å². The van der Waals surface area contributed by atoms with Crippen molar-refractivity contribution in [3.05, 3.63) is 58.4 Å². The van der Waals surface area contributed by atoms with E-state index in [0.717, 1.165) is 29.9 Å². The standard InChI is InChI=1S/C17H18ClN3O2/c1-11-8-12(15-10-19-6-7-23-15)2-4-14(11)21-17(22)13-3-5-16(18)20-9-13/h2-5,8-9,15,19H,6-7,10H2,1H3,(H,21,22). The number of pyridine rings is 1. The van der Waals surface area contributed by atoms with E-state index in [4.69, 9.17) is 16.3 Å². The van der Waals surface area contributed by atoms with Crippen molar-refractivity contribution >= 4 is 23.2 Å². The van der Waals surface area contributed by atoms with Crippen LogP contribution in [-0.4, -0.2) is 30.6 Å². The molecule has 0 radical (unpaired) electrons. The van der Waals surface area contributed by atoms with E-state index in [0.29, 0.717) is 17.3 Å². The van der Waals surface area contributed by atoms with Gasteiger partial charge in [0.15, 0.2) is 0 Å². The van der Waals surface area contributed by atoms with E-state index in [9.17, 15) is 4.79 Å². The van der Waals surface area contributed by atoms with Crippen molar-refractivity contribution in [2.75, 3.05) is 25.0 Å². The summed E-state index contributed by atoms with van der Waals surface area (Å²) >= 11 is 5.73. The molecule has 0 bridgehead atoms. The molecule has 1 aromatic carbocycles. The molecule has 1 unspecified atom stereocenters. The van der Waals surface area contributed by atoms with E-state index >= 15 is 0 Å². The normalized spacial score (nSPS) is 17.7. The molecule has 1 aliphatic rings. The van der Waals surface area contributed by atoms with Gasteiger partial charge in [0, 0.05) is 25.0 Å². The topological polar surface area (TPSA) is 63.2 Å². The SMILES string of the molecule is Cc1cc(C2CNCCO2)ccc1NC(=O)c1ccc(Cl)nc1. The summed E-state index contributed by atoms with van der Waals surface area (Å²) in [5.41, 5.74) is 3.35. The van der Waals surface area contributed by atoms with Crippen molar-refractivity contribution < 1.29 is 9.53 Å². The molecule has 6 heteroatoms. The van der Waals surface area contributed by atoms with Gasteiger partial charge in [0.25, 0.3) is 5.91 Å². The molecule has 1 saturated heterocycles. The predicted molar refractivity (Wildman–Crippen MR) is 89.9 cm³/mol. The Bertz CT molecular complexity index is 697. The van der Waals surface area contributed by atoms with E-state index in [1.807, 2.05) is 25.1 Å². The number of hydrogen-bond acceptors (Lipinski definition) is 4. The highest BCUT2D eigenvalue weighted by Gasteiger charge is 2.17. The van der Waals surface area contributed by atoms with Gasteiger partial charge in [-0.1, -0.05) is 23.7 Å². The maximum atomic E-state index is 12.2. The van der Waals surface area contributed by atoms with Crippen LogP contribution in [0.5, 0.6) is 0 Å². The zero-order valence-electron chi connectivity index (χ0n) is 12.8. The third kappa shape index (κ3) is 3.88. The molecule has 1 aliphatic heterocycles. The molecule has 0 aliphatic carbocycles. The summed E-state index contributed by atoms with van der Waals surface area (Å²) in [5.74, 6) is -0.208. The molecular formula is C17H18ClN3O2. The van der Waals surface area contributed by atoms with Crippen LogP contribution >= 0.6 is 11.6 Å². The minimum atomic E-state index is -0.208. The number of aromatic nitrogens is 1. The van der Waals surface area contributed by atoms with Crippen LogP contribution in [0.3, 0.4) is 0 Å². The van der Waals surface area contributed by atoms with Crippen LogP contribution in [0.1, 0.15) is 27.6 Å². The Morgan fingerprint density at radius 1 is 1.39 bits per heavy atom. The number of nitrogens with one attached hydrogen (secondary N) is 2. The van der Waals surface area contributed by atoms with Gasteiger partial charge in [-0.2, -0.15) is 0 Å². The first-order valence-corrected chi connectivity index (χ1v) is 7.87. The van der Waals surface area contributed by atoms with Crippen LogP contribution in [0.25, 0.3) is 0 Å². The Morgan fingerprint density at radius 2 is 2.26 bits per heavy atom. The first kappa shape index (κ1) is 15.9. The predicted octanol–water partition coefficient (Wildman–Crippen LogP) is 2.96. The summed E-state index contributed by atoms with van der Waals surface area (Å²) in [6, 6.07) is 9.19. The molecular weight excluding hydrogens is 314 g/mol. The number of aryl methyl sites for hydroxylation is 1. The van der Waals surface area contributed by atoms with Gasteiger partial charge in [0.1, 0.15) is 5.15 Å². The minimum absolute atomic E-state index is 0.0627. The van der Waals surface area contributed by atoms with Crippen molar-refractivity contribution in [2.24, 2.45) is 0 Å². The van der Waals surface area contributed by atoms with Crippen LogP contribution in [0.4, 0.5) is 5.69 Å². The lowest BCUT2D eigenvalue weighted by Gasteiger charge is -2.24. The number of benzene rings is 1. The van der Waals surface area contributed by atoms with E-state index < -0.39 is 0 Å². The lowest BCUT2D eigenvalue weighted by atomic mass is 10.0. The lowest BCUT2D eigenvalue weighted by molar-refractivity contribution is 0.0277. The number of ether oxygens (including phenoxy) is 1. The summed E-state index contributed by atoms with van der Waals surface area (Å²) in [4.78, 5) is 16.2. The van der Waals surface area contributed by atoms with Crippen molar-refractivity contribution in [1.29, 1.82) is 0 Å². The number of hydrogen-bond donors (Lipinski definition) is 2. The van der Waals surface area contributed by atoms with E-state index in [-0.39, 0.29) is 12.0 Å². The first-order valence-electron chi connectivity index (χ1n) is 7.49. The third-order valence-corrected chi connectivity index (χ3v) is 4.01. The van der Waals surface area contributed by atoms with Gasteiger partial charge in [-0.05, 0) is 36.2 Å². The Kier molecular flexibility index (Phi) is 4.91. The molecule has 1 fully saturated rings. The van der Waals surface area contributed by atoms with E-state index in [1.165, 1.54) is 6.20 Å². The molecule has 1 amide bonds. The molecule has 5 nitrogen and oxygen atoms in total. The van der Waals surface area contributed by atoms with Crippen molar-refractivity contribution in [3.8, 4) is 0 Å². The second-order valence-corrected chi connectivity index (χ2v) is 5.85. The molecule has 0 spiro atoms. The van der Waals surface area contributed by atoms with Crippen molar-refractivity contribution in [2.45, 2.75) is 13.0 Å². The summed E-state index contributed by atoms with van der Waals surface area (Å²) < 4.78 is 5.75. The molecule has 0 saturated carbocycles. The number of rotatable bonds is 3. The van der Waals surface area contributed by atoms with Crippen LogP contribution in [0, 0.1) is 6.92 Å².